The number of rotatable bonds is 6. The summed E-state index contributed by atoms with van der Waals surface area (Å²) in [7, 11) is 0. The van der Waals surface area contributed by atoms with Gasteiger partial charge in [0.2, 0.25) is 0 Å². The van der Waals surface area contributed by atoms with Crippen molar-refractivity contribution in [2.24, 2.45) is 5.84 Å². The van der Waals surface area contributed by atoms with Crippen LogP contribution >= 0.6 is 35.0 Å². The number of aryl methyl sites for hydroxylation is 1. The lowest BCUT2D eigenvalue weighted by atomic mass is 10.1. The fraction of sp³-hybridized carbons (Fsp3) is 0.250. The summed E-state index contributed by atoms with van der Waals surface area (Å²) in [5.41, 5.74) is 5.15. The van der Waals surface area contributed by atoms with Crippen LogP contribution in [0.25, 0.3) is 0 Å². The van der Waals surface area contributed by atoms with E-state index in [4.69, 9.17) is 29.0 Å². The first-order valence-corrected chi connectivity index (χ1v) is 8.43. The molecule has 0 aromatic heterocycles. The highest BCUT2D eigenvalue weighted by atomic mass is 35.5. The van der Waals surface area contributed by atoms with Gasteiger partial charge in [0.1, 0.15) is 0 Å². The van der Waals surface area contributed by atoms with Gasteiger partial charge in [0, 0.05) is 16.7 Å². The molecule has 0 saturated carbocycles. The quantitative estimate of drug-likeness (QED) is 0.463. The SMILES string of the molecule is Cc1ccccc1SCC(Cc1cccc(Cl)c1Cl)NN. The number of hydrogen-bond acceptors (Lipinski definition) is 3. The number of hydrogen-bond donors (Lipinski definition) is 2. The number of hydrazine groups is 1. The van der Waals surface area contributed by atoms with Crippen molar-refractivity contribution in [3.63, 3.8) is 0 Å². The highest BCUT2D eigenvalue weighted by Gasteiger charge is 2.12. The molecule has 112 valence electrons. The number of nitrogens with two attached hydrogens (primary N) is 1. The zero-order valence-electron chi connectivity index (χ0n) is 11.8. The van der Waals surface area contributed by atoms with Crippen molar-refractivity contribution in [1.29, 1.82) is 0 Å². The summed E-state index contributed by atoms with van der Waals surface area (Å²) >= 11 is 14.1. The van der Waals surface area contributed by atoms with E-state index in [2.05, 4.69) is 24.5 Å². The first kappa shape index (κ1) is 16.7. The zero-order chi connectivity index (χ0) is 15.2. The summed E-state index contributed by atoms with van der Waals surface area (Å²) in [6.45, 7) is 2.11. The molecule has 2 aromatic carbocycles. The summed E-state index contributed by atoms with van der Waals surface area (Å²) in [5.74, 6) is 6.54. The second-order valence-electron chi connectivity index (χ2n) is 4.86. The topological polar surface area (TPSA) is 38.0 Å². The van der Waals surface area contributed by atoms with E-state index in [-0.39, 0.29) is 6.04 Å². The lowest BCUT2D eigenvalue weighted by Crippen LogP contribution is -2.38. The van der Waals surface area contributed by atoms with E-state index in [1.807, 2.05) is 24.3 Å². The molecule has 1 atom stereocenters. The molecule has 0 amide bonds. The molecule has 0 heterocycles. The third-order valence-corrected chi connectivity index (χ3v) is 5.46. The summed E-state index contributed by atoms with van der Waals surface area (Å²) in [4.78, 5) is 1.27. The monoisotopic (exact) mass is 340 g/mol. The molecule has 0 fully saturated rings. The molecule has 0 radical (unpaired) electrons. The van der Waals surface area contributed by atoms with Crippen molar-refractivity contribution < 1.29 is 0 Å². The Kier molecular flexibility index (Phi) is 6.40. The van der Waals surface area contributed by atoms with Crippen LogP contribution in [0.5, 0.6) is 0 Å². The number of benzene rings is 2. The van der Waals surface area contributed by atoms with Crippen LogP contribution in [0.15, 0.2) is 47.4 Å². The first-order chi connectivity index (χ1) is 10.1. The molecule has 0 bridgehead atoms. The van der Waals surface area contributed by atoms with Gasteiger partial charge in [0.05, 0.1) is 10.0 Å². The van der Waals surface area contributed by atoms with Gasteiger partial charge in [-0.1, -0.05) is 53.5 Å². The lowest BCUT2D eigenvalue weighted by molar-refractivity contribution is 0.575. The number of thioether (sulfide) groups is 1. The van der Waals surface area contributed by atoms with E-state index >= 15 is 0 Å². The molecule has 2 rings (SSSR count). The van der Waals surface area contributed by atoms with Crippen LogP contribution in [0.2, 0.25) is 10.0 Å². The fourth-order valence-corrected chi connectivity index (χ4v) is 3.51. The van der Waals surface area contributed by atoms with E-state index in [0.717, 1.165) is 17.7 Å². The fourth-order valence-electron chi connectivity index (χ4n) is 2.05. The summed E-state index contributed by atoms with van der Waals surface area (Å²) < 4.78 is 0. The maximum absolute atomic E-state index is 6.23. The van der Waals surface area contributed by atoms with Crippen molar-refractivity contribution in [1.82, 2.24) is 5.43 Å². The largest absolute Gasteiger partial charge is 0.271 e. The van der Waals surface area contributed by atoms with Crippen molar-refractivity contribution in [2.75, 3.05) is 5.75 Å². The highest BCUT2D eigenvalue weighted by Crippen LogP contribution is 2.28. The Morgan fingerprint density at radius 3 is 2.62 bits per heavy atom. The third-order valence-electron chi connectivity index (χ3n) is 3.27. The Hall–Kier alpha value is -0.710. The maximum atomic E-state index is 6.23. The molecule has 5 heteroatoms. The van der Waals surface area contributed by atoms with Crippen LogP contribution in [-0.4, -0.2) is 11.8 Å². The Balaban J connectivity index is 2.01. The van der Waals surface area contributed by atoms with E-state index in [9.17, 15) is 0 Å². The van der Waals surface area contributed by atoms with Crippen molar-refractivity contribution in [2.45, 2.75) is 24.3 Å². The number of nitrogens with one attached hydrogen (secondary N) is 1. The molecule has 0 aliphatic heterocycles. The molecule has 2 nitrogen and oxygen atoms in total. The molecule has 0 aliphatic carbocycles. The molecule has 0 saturated heterocycles. The lowest BCUT2D eigenvalue weighted by Gasteiger charge is -2.17. The van der Waals surface area contributed by atoms with Gasteiger partial charge in [-0.25, -0.2) is 0 Å². The predicted molar refractivity (Wildman–Crippen MR) is 93.2 cm³/mol. The molecule has 1 unspecified atom stereocenters. The second kappa shape index (κ2) is 8.06. The standard InChI is InChI=1S/C16H18Cl2N2S/c1-11-5-2-3-8-15(11)21-10-13(20-19)9-12-6-4-7-14(17)16(12)18/h2-8,13,20H,9-10,19H2,1H3. The van der Waals surface area contributed by atoms with E-state index in [1.165, 1.54) is 10.5 Å². The van der Waals surface area contributed by atoms with Gasteiger partial charge in [-0.2, -0.15) is 0 Å². The summed E-state index contributed by atoms with van der Waals surface area (Å²) in [5, 5.41) is 1.19. The Bertz CT molecular complexity index is 605. The van der Waals surface area contributed by atoms with Crippen LogP contribution in [-0.2, 0) is 6.42 Å². The Labute approximate surface area is 140 Å². The molecule has 0 aliphatic rings. The minimum atomic E-state index is 0.130. The van der Waals surface area contributed by atoms with Crippen LogP contribution in [0, 0.1) is 6.92 Å². The van der Waals surface area contributed by atoms with Crippen molar-refractivity contribution in [3.05, 3.63) is 63.6 Å². The van der Waals surface area contributed by atoms with Gasteiger partial charge >= 0.3 is 0 Å². The van der Waals surface area contributed by atoms with E-state index < -0.39 is 0 Å². The minimum Gasteiger partial charge on any atom is -0.271 e. The summed E-state index contributed by atoms with van der Waals surface area (Å²) in [6, 6.07) is 14.1. The molecular weight excluding hydrogens is 323 g/mol. The van der Waals surface area contributed by atoms with Gasteiger partial charge in [0.25, 0.3) is 0 Å². The Morgan fingerprint density at radius 1 is 1.14 bits per heavy atom. The zero-order valence-corrected chi connectivity index (χ0v) is 14.1. The van der Waals surface area contributed by atoms with Crippen LogP contribution < -0.4 is 11.3 Å². The Morgan fingerprint density at radius 2 is 1.90 bits per heavy atom. The predicted octanol–water partition coefficient (Wildman–Crippen LogP) is 4.47. The molecular formula is C16H18Cl2N2S. The smallest absolute Gasteiger partial charge is 0.0624 e. The normalized spacial score (nSPS) is 12.4. The first-order valence-electron chi connectivity index (χ1n) is 6.69. The molecule has 0 spiro atoms. The summed E-state index contributed by atoms with van der Waals surface area (Å²) in [6.07, 6.45) is 0.745. The number of halogens is 2. The molecule has 3 N–H and O–H groups in total. The van der Waals surface area contributed by atoms with Crippen molar-refractivity contribution >= 4 is 35.0 Å². The van der Waals surface area contributed by atoms with Crippen LogP contribution in [0.4, 0.5) is 0 Å². The van der Waals surface area contributed by atoms with Crippen LogP contribution in [0.3, 0.4) is 0 Å². The van der Waals surface area contributed by atoms with Gasteiger partial charge in [-0.15, -0.1) is 11.8 Å². The average molecular weight is 341 g/mol. The van der Waals surface area contributed by atoms with Gasteiger partial charge in [0.15, 0.2) is 0 Å². The molecule has 21 heavy (non-hydrogen) atoms. The average Bonchev–Trinajstić information content (AvgIpc) is 2.49. The third kappa shape index (κ3) is 4.63. The minimum absolute atomic E-state index is 0.130. The van der Waals surface area contributed by atoms with Gasteiger partial charge < -0.3 is 0 Å². The van der Waals surface area contributed by atoms with E-state index in [1.54, 1.807) is 17.8 Å². The highest BCUT2D eigenvalue weighted by molar-refractivity contribution is 7.99. The van der Waals surface area contributed by atoms with Crippen molar-refractivity contribution in [3.8, 4) is 0 Å². The van der Waals surface area contributed by atoms with Gasteiger partial charge in [-0.3, -0.25) is 11.3 Å². The van der Waals surface area contributed by atoms with E-state index in [0.29, 0.717) is 10.0 Å². The van der Waals surface area contributed by atoms with Gasteiger partial charge in [-0.05, 0) is 36.6 Å². The molecule has 2 aromatic rings. The maximum Gasteiger partial charge on any atom is 0.0624 e. The second-order valence-corrected chi connectivity index (χ2v) is 6.70. The van der Waals surface area contributed by atoms with Crippen LogP contribution in [0.1, 0.15) is 11.1 Å².